The van der Waals surface area contributed by atoms with Crippen molar-refractivity contribution in [2.45, 2.75) is 5.54 Å². The Labute approximate surface area is 256 Å². The van der Waals surface area contributed by atoms with Gasteiger partial charge in [-0.25, -0.2) is 0 Å². The van der Waals surface area contributed by atoms with E-state index in [-0.39, 0.29) is 87.5 Å². The van der Waals surface area contributed by atoms with Gasteiger partial charge in [0.05, 0.1) is 51.5 Å². The molecule has 0 saturated carbocycles. The fourth-order valence-electron chi connectivity index (χ4n) is 1.73. The molecule has 0 rings (SSSR count). The van der Waals surface area contributed by atoms with Gasteiger partial charge in [0.1, 0.15) is 0 Å². The van der Waals surface area contributed by atoms with E-state index < -0.39 is 82.2 Å². The van der Waals surface area contributed by atoms with Gasteiger partial charge in [-0.15, -0.1) is 12.4 Å². The normalized spacial score (nSPS) is 9.63. The molecule has 0 aromatic heterocycles. The van der Waals surface area contributed by atoms with Crippen LogP contribution in [0.4, 0.5) is 0 Å². The monoisotopic (exact) mass is 558 g/mol. The van der Waals surface area contributed by atoms with E-state index in [4.69, 9.17) is 41.5 Å². The van der Waals surface area contributed by atoms with Crippen LogP contribution in [-0.2, 0) is 23.9 Å². The summed E-state index contributed by atoms with van der Waals surface area (Å²) in [5, 5.41) is 59.5. The van der Waals surface area contributed by atoms with Gasteiger partial charge >= 0.3 is 83.0 Å². The predicted octanol–water partition coefficient (Wildman–Crippen LogP) is -10.8. The largest absolute Gasteiger partial charge is 1.00 e. The SMILES string of the molecule is CN.Cl.NC(CO)(CO)CO.O=C(O)CN(CCN(CC(=O)O)CC(=O)OCO)CC(=O)O.[H-].[H-].[Na+].[Na+]. The summed E-state index contributed by atoms with van der Waals surface area (Å²) in [6.45, 7) is -4.20. The van der Waals surface area contributed by atoms with Crippen LogP contribution in [0.25, 0.3) is 0 Å². The minimum atomic E-state index is -1.23. The molecule has 0 bridgehead atoms. The van der Waals surface area contributed by atoms with E-state index in [1.54, 1.807) is 0 Å². The van der Waals surface area contributed by atoms with Crippen LogP contribution in [0.15, 0.2) is 0 Å². The maximum Gasteiger partial charge on any atom is 1.00 e. The first-order valence-electron chi connectivity index (χ1n) is 8.98. The predicted molar refractivity (Wildman–Crippen MR) is 117 cm³/mol. The van der Waals surface area contributed by atoms with E-state index in [0.29, 0.717) is 0 Å². The molecule has 16 nitrogen and oxygen atoms in total. The van der Waals surface area contributed by atoms with Gasteiger partial charge < -0.3 is 54.8 Å². The third-order valence-electron chi connectivity index (χ3n) is 3.33. The Kier molecular flexibility index (Phi) is 41.2. The summed E-state index contributed by atoms with van der Waals surface area (Å²) in [5.74, 6) is -4.54. The number of halogens is 1. The maximum absolute atomic E-state index is 11.2. The zero-order valence-corrected chi connectivity index (χ0v) is 25.0. The van der Waals surface area contributed by atoms with Crippen molar-refractivity contribution < 1.29 is 122 Å². The molecule has 0 amide bonds. The first-order valence-corrected chi connectivity index (χ1v) is 8.98. The molecule has 0 saturated heterocycles. The number of aliphatic hydroxyl groups excluding tert-OH is 4. The number of hydrogen-bond donors (Lipinski definition) is 9. The van der Waals surface area contributed by atoms with Gasteiger partial charge in [0, 0.05) is 13.1 Å². The number of esters is 1. The summed E-state index contributed by atoms with van der Waals surface area (Å²) in [5.41, 5.74) is 8.44. The number of carboxylic acid groups (broad SMARTS) is 3. The van der Waals surface area contributed by atoms with Crippen molar-refractivity contribution in [2.24, 2.45) is 11.5 Å². The molecule has 19 heteroatoms. The van der Waals surface area contributed by atoms with Crippen molar-refractivity contribution in [3.63, 3.8) is 0 Å². The van der Waals surface area contributed by atoms with E-state index in [1.165, 1.54) is 7.05 Å². The van der Waals surface area contributed by atoms with Crippen molar-refractivity contribution in [2.75, 3.05) is 72.9 Å². The van der Waals surface area contributed by atoms with Crippen molar-refractivity contribution in [1.82, 2.24) is 9.80 Å². The van der Waals surface area contributed by atoms with Crippen molar-refractivity contribution in [1.29, 1.82) is 0 Å². The Morgan fingerprint density at radius 1 is 0.743 bits per heavy atom. The second kappa shape index (κ2) is 30.1. The molecule has 0 radical (unpaired) electrons. The molecule has 35 heavy (non-hydrogen) atoms. The number of aliphatic carboxylic acids is 3. The molecule has 0 aliphatic rings. The molecule has 0 heterocycles. The first-order chi connectivity index (χ1) is 14.9. The Morgan fingerprint density at radius 2 is 1.03 bits per heavy atom. The van der Waals surface area contributed by atoms with Gasteiger partial charge in [-0.3, -0.25) is 29.0 Å². The van der Waals surface area contributed by atoms with E-state index in [0.717, 1.165) is 9.80 Å². The Balaban J connectivity index is -0.0000000807. The molecular weight excluding hydrogens is 522 g/mol. The van der Waals surface area contributed by atoms with Crippen LogP contribution in [0.5, 0.6) is 0 Å². The molecule has 0 aromatic rings. The third-order valence-corrected chi connectivity index (χ3v) is 3.33. The number of ether oxygens (including phenoxy) is 1. The molecule has 202 valence electrons. The van der Waals surface area contributed by atoms with Crippen LogP contribution in [0.1, 0.15) is 2.85 Å². The fraction of sp³-hybridized carbons (Fsp3) is 0.750. The van der Waals surface area contributed by atoms with Gasteiger partial charge in [0.25, 0.3) is 0 Å². The van der Waals surface area contributed by atoms with E-state index in [1.807, 2.05) is 0 Å². The molecule has 0 fully saturated rings. The van der Waals surface area contributed by atoms with E-state index in [2.05, 4.69) is 10.5 Å². The average molecular weight is 559 g/mol. The van der Waals surface area contributed by atoms with Crippen LogP contribution in [0, 0.1) is 0 Å². The number of aliphatic hydroxyl groups is 4. The summed E-state index contributed by atoms with van der Waals surface area (Å²) in [7, 11) is 1.50. The fourth-order valence-corrected chi connectivity index (χ4v) is 1.73. The van der Waals surface area contributed by atoms with Crippen LogP contribution in [-0.4, -0.2) is 148 Å². The number of rotatable bonds is 15. The molecule has 0 aliphatic carbocycles. The quantitative estimate of drug-likeness (QED) is 0.0512. The smallest absolute Gasteiger partial charge is 1.00 e. The first kappa shape index (κ1) is 48.0. The van der Waals surface area contributed by atoms with Gasteiger partial charge in [-0.05, 0) is 7.05 Å². The van der Waals surface area contributed by atoms with Crippen LogP contribution >= 0.6 is 12.4 Å². The summed E-state index contributed by atoms with van der Waals surface area (Å²) in [6.07, 6.45) is 0. The van der Waals surface area contributed by atoms with Crippen molar-refractivity contribution >= 4 is 36.3 Å². The zero-order chi connectivity index (χ0) is 25.7. The van der Waals surface area contributed by atoms with Gasteiger partial charge in [-0.2, -0.15) is 0 Å². The van der Waals surface area contributed by atoms with Crippen LogP contribution in [0.3, 0.4) is 0 Å². The summed E-state index contributed by atoms with van der Waals surface area (Å²) in [6, 6.07) is 0. The Hall–Kier alpha value is -0.150. The number of nitrogens with zero attached hydrogens (tertiary/aromatic N) is 2. The number of carboxylic acids is 3. The van der Waals surface area contributed by atoms with Crippen molar-refractivity contribution in [3.05, 3.63) is 0 Å². The molecule has 0 aliphatic heterocycles. The van der Waals surface area contributed by atoms with E-state index in [9.17, 15) is 19.2 Å². The number of carbonyl (C=O) groups is 4. The van der Waals surface area contributed by atoms with Crippen LogP contribution < -0.4 is 70.6 Å². The topological polar surface area (TPSA) is 278 Å². The Bertz CT molecular complexity index is 550. The number of carbonyl (C=O) groups excluding carboxylic acids is 1. The summed E-state index contributed by atoms with van der Waals surface area (Å²) in [4.78, 5) is 45.4. The standard InChI is InChI=1S/C11H18N2O9.C4H11NO3.CH5N.ClH.2Na.2H/c14-7-22-11(21)6-13(5-10(19)20)2-1-12(3-8(15)16)4-9(17)18;5-4(1-6,2-7)3-8;1-2;;;;;/h14H,1-7H2,(H,15,16)(H,17,18)(H,19,20);6-8H,1-3,5H2;2H2,1H3;1H;;;;/q;;;;2*+1;2*-1. The van der Waals surface area contributed by atoms with Gasteiger partial charge in [-0.1, -0.05) is 0 Å². The third kappa shape index (κ3) is 31.8. The summed E-state index contributed by atoms with van der Waals surface area (Å²) < 4.78 is 4.27. The zero-order valence-electron chi connectivity index (χ0n) is 22.2. The Morgan fingerprint density at radius 3 is 1.23 bits per heavy atom. The molecule has 0 unspecified atom stereocenters. The van der Waals surface area contributed by atoms with Gasteiger partial charge in [0.2, 0.25) is 0 Å². The number of hydrogen-bond acceptors (Lipinski definition) is 13. The second-order valence-corrected chi connectivity index (χ2v) is 6.08. The molecular formula is C16H37ClN4Na2O12. The second-order valence-electron chi connectivity index (χ2n) is 6.08. The number of nitrogens with two attached hydrogens (primary N) is 2. The molecule has 0 atom stereocenters. The van der Waals surface area contributed by atoms with Crippen molar-refractivity contribution in [3.8, 4) is 0 Å². The maximum atomic E-state index is 11.2. The minimum Gasteiger partial charge on any atom is -1.00 e. The van der Waals surface area contributed by atoms with E-state index >= 15 is 0 Å². The average Bonchev–Trinajstić information content (AvgIpc) is 2.72. The van der Waals surface area contributed by atoms with Gasteiger partial charge in [0.15, 0.2) is 6.79 Å². The van der Waals surface area contributed by atoms with Crippen LogP contribution in [0.2, 0.25) is 0 Å². The molecule has 0 aromatic carbocycles. The minimum absolute atomic E-state index is 0. The summed E-state index contributed by atoms with van der Waals surface area (Å²) >= 11 is 0. The molecule has 0 spiro atoms. The molecule has 11 N–H and O–H groups in total.